The van der Waals surface area contributed by atoms with Gasteiger partial charge in [-0.3, -0.25) is 4.79 Å². The Morgan fingerprint density at radius 3 is 2.76 bits per heavy atom. The molecule has 0 aromatic heterocycles. The lowest BCUT2D eigenvalue weighted by molar-refractivity contribution is -0.137. The summed E-state index contributed by atoms with van der Waals surface area (Å²) in [7, 11) is 0. The average molecular weight is 367 g/mol. The van der Waals surface area contributed by atoms with Crippen molar-refractivity contribution in [2.24, 2.45) is 11.8 Å². The molecule has 1 saturated carbocycles. The summed E-state index contributed by atoms with van der Waals surface area (Å²) in [5.41, 5.74) is 0. The van der Waals surface area contributed by atoms with Gasteiger partial charge in [-0.2, -0.15) is 11.8 Å². The Bertz CT molecular complexity index is 454. The van der Waals surface area contributed by atoms with Gasteiger partial charge in [0, 0.05) is 16.9 Å². The minimum absolute atomic E-state index is 0.259. The number of carboxylic acids is 1. The molecule has 142 valence electrons. The minimum Gasteiger partial charge on any atom is -0.481 e. The molecule has 2 unspecified atom stereocenters. The minimum atomic E-state index is -0.708. The van der Waals surface area contributed by atoms with E-state index in [2.05, 4.69) is 36.9 Å². The van der Waals surface area contributed by atoms with Gasteiger partial charge in [0.25, 0.3) is 0 Å². The van der Waals surface area contributed by atoms with Crippen molar-refractivity contribution in [3.63, 3.8) is 0 Å². The normalized spacial score (nSPS) is 29.8. The lowest BCUT2D eigenvalue weighted by atomic mass is 9.75. The first kappa shape index (κ1) is 20.6. The van der Waals surface area contributed by atoms with E-state index in [1.165, 1.54) is 25.7 Å². The molecule has 0 amide bonds. The second-order valence-electron chi connectivity index (χ2n) is 7.54. The van der Waals surface area contributed by atoms with Crippen LogP contribution in [0.15, 0.2) is 24.3 Å². The maximum atomic E-state index is 10.5. The zero-order valence-corrected chi connectivity index (χ0v) is 16.3. The Morgan fingerprint density at radius 1 is 1.24 bits per heavy atom. The standard InChI is InChI=1S/C21H34O3S/c1-2-3-6-9-17(22)13-12-16-14-18-15-20(25-18)19(16)10-7-4-5-8-11-21(23)24/h4,7,12-13,16-20,22H,2-3,5-6,8-11,14-15H2,1H3,(H,23,24)/b7-4-,13-12+/t16?,17-,18-,19+,20?/m0/s1. The van der Waals surface area contributed by atoms with Crippen molar-refractivity contribution in [1.29, 1.82) is 0 Å². The lowest BCUT2D eigenvalue weighted by Gasteiger charge is -2.49. The average Bonchev–Trinajstić information content (AvgIpc) is 2.55. The topological polar surface area (TPSA) is 57.5 Å². The molecule has 1 aliphatic carbocycles. The van der Waals surface area contributed by atoms with E-state index < -0.39 is 5.97 Å². The van der Waals surface area contributed by atoms with Gasteiger partial charge < -0.3 is 10.2 Å². The van der Waals surface area contributed by atoms with Crippen LogP contribution >= 0.6 is 11.8 Å². The number of aliphatic hydroxyl groups is 1. The van der Waals surface area contributed by atoms with E-state index in [9.17, 15) is 9.90 Å². The molecular weight excluding hydrogens is 332 g/mol. The highest BCUT2D eigenvalue weighted by molar-refractivity contribution is 8.01. The number of hydrogen-bond donors (Lipinski definition) is 2. The molecule has 3 aliphatic rings. The molecule has 0 aromatic rings. The van der Waals surface area contributed by atoms with Crippen LogP contribution in [0.2, 0.25) is 0 Å². The van der Waals surface area contributed by atoms with Gasteiger partial charge in [0.05, 0.1) is 6.10 Å². The van der Waals surface area contributed by atoms with Crippen LogP contribution in [-0.4, -0.2) is 32.8 Å². The van der Waals surface area contributed by atoms with Crippen molar-refractivity contribution in [3.05, 3.63) is 24.3 Å². The Kier molecular flexibility index (Phi) is 9.11. The number of carbonyl (C=O) groups is 1. The summed E-state index contributed by atoms with van der Waals surface area (Å²) >= 11 is 2.14. The fraction of sp³-hybridized carbons (Fsp3) is 0.762. The second-order valence-corrected chi connectivity index (χ2v) is 9.08. The highest BCUT2D eigenvalue weighted by Crippen LogP contribution is 2.54. The van der Waals surface area contributed by atoms with Crippen molar-refractivity contribution in [2.75, 3.05) is 0 Å². The smallest absolute Gasteiger partial charge is 0.303 e. The van der Waals surface area contributed by atoms with Crippen LogP contribution < -0.4 is 0 Å². The van der Waals surface area contributed by atoms with Crippen molar-refractivity contribution in [2.45, 2.75) is 87.7 Å². The number of aliphatic carboxylic acids is 1. The monoisotopic (exact) mass is 366 g/mol. The molecule has 2 N–H and O–H groups in total. The maximum absolute atomic E-state index is 10.5. The lowest BCUT2D eigenvalue weighted by Crippen LogP contribution is -2.44. The largest absolute Gasteiger partial charge is 0.481 e. The van der Waals surface area contributed by atoms with Gasteiger partial charge in [-0.15, -0.1) is 0 Å². The molecule has 3 fully saturated rings. The van der Waals surface area contributed by atoms with Crippen LogP contribution in [0.4, 0.5) is 0 Å². The van der Waals surface area contributed by atoms with E-state index in [0.29, 0.717) is 11.8 Å². The predicted molar refractivity (Wildman–Crippen MR) is 106 cm³/mol. The van der Waals surface area contributed by atoms with Gasteiger partial charge in [0.2, 0.25) is 0 Å². The number of unbranched alkanes of at least 4 members (excludes halogenated alkanes) is 3. The van der Waals surface area contributed by atoms with Gasteiger partial charge in [-0.25, -0.2) is 0 Å². The summed E-state index contributed by atoms with van der Waals surface area (Å²) in [6.07, 6.45) is 18.4. The first-order valence-corrected chi connectivity index (χ1v) is 10.9. The van der Waals surface area contributed by atoms with Crippen molar-refractivity contribution in [1.82, 2.24) is 0 Å². The predicted octanol–water partition coefficient (Wildman–Crippen LogP) is 5.20. The molecule has 3 rings (SSSR count). The number of aliphatic hydroxyl groups excluding tert-OH is 1. The van der Waals surface area contributed by atoms with Crippen molar-refractivity contribution in [3.8, 4) is 0 Å². The van der Waals surface area contributed by atoms with Crippen molar-refractivity contribution < 1.29 is 15.0 Å². The zero-order chi connectivity index (χ0) is 18.1. The summed E-state index contributed by atoms with van der Waals surface area (Å²) in [5, 5.41) is 20.4. The van der Waals surface area contributed by atoms with Gasteiger partial charge in [0.15, 0.2) is 0 Å². The third-order valence-electron chi connectivity index (χ3n) is 5.45. The van der Waals surface area contributed by atoms with E-state index >= 15 is 0 Å². The first-order valence-electron chi connectivity index (χ1n) is 9.98. The Balaban J connectivity index is 1.76. The van der Waals surface area contributed by atoms with E-state index in [1.54, 1.807) is 0 Å². The maximum Gasteiger partial charge on any atom is 0.303 e. The molecule has 0 radical (unpaired) electrons. The second kappa shape index (κ2) is 11.1. The Hall–Kier alpha value is -0.740. The molecule has 2 saturated heterocycles. The highest BCUT2D eigenvalue weighted by atomic mass is 32.2. The number of hydrogen-bond acceptors (Lipinski definition) is 3. The Morgan fingerprint density at radius 2 is 2.04 bits per heavy atom. The quantitative estimate of drug-likeness (QED) is 0.368. The van der Waals surface area contributed by atoms with Gasteiger partial charge in [-0.05, 0) is 50.4 Å². The molecule has 5 atom stereocenters. The van der Waals surface area contributed by atoms with E-state index in [4.69, 9.17) is 5.11 Å². The van der Waals surface area contributed by atoms with Crippen LogP contribution in [0.1, 0.15) is 71.1 Å². The Labute approximate surface area is 157 Å². The van der Waals surface area contributed by atoms with Crippen LogP contribution in [0.25, 0.3) is 0 Å². The van der Waals surface area contributed by atoms with Gasteiger partial charge >= 0.3 is 5.97 Å². The fourth-order valence-corrected chi connectivity index (χ4v) is 5.58. The van der Waals surface area contributed by atoms with Crippen LogP contribution in [-0.2, 0) is 4.79 Å². The van der Waals surface area contributed by atoms with Crippen LogP contribution in [0.3, 0.4) is 0 Å². The third kappa shape index (κ3) is 7.18. The number of carboxylic acid groups (broad SMARTS) is 1. The number of allylic oxidation sites excluding steroid dienone is 3. The van der Waals surface area contributed by atoms with Gasteiger partial charge in [0.1, 0.15) is 0 Å². The summed E-state index contributed by atoms with van der Waals surface area (Å²) < 4.78 is 0. The summed E-state index contributed by atoms with van der Waals surface area (Å²) in [4.78, 5) is 10.5. The zero-order valence-electron chi connectivity index (χ0n) is 15.5. The fourth-order valence-electron chi connectivity index (χ4n) is 3.94. The number of rotatable bonds is 12. The SMILES string of the molecule is CCCCC[C@H](O)/C=C/C1C[C@H]2CC(S2)[C@@H]1C/C=C\CCCC(=O)O. The summed E-state index contributed by atoms with van der Waals surface area (Å²) in [5.74, 6) is 0.555. The van der Waals surface area contributed by atoms with Crippen LogP contribution in [0, 0.1) is 11.8 Å². The van der Waals surface area contributed by atoms with E-state index in [-0.39, 0.29) is 12.5 Å². The summed E-state index contributed by atoms with van der Waals surface area (Å²) in [6, 6.07) is 0. The molecule has 2 bridgehead atoms. The molecule has 2 heterocycles. The molecule has 25 heavy (non-hydrogen) atoms. The summed E-state index contributed by atoms with van der Waals surface area (Å²) in [6.45, 7) is 2.19. The molecule has 0 spiro atoms. The van der Waals surface area contributed by atoms with Crippen LogP contribution in [0.5, 0.6) is 0 Å². The van der Waals surface area contributed by atoms with E-state index in [0.717, 1.165) is 42.6 Å². The third-order valence-corrected chi connectivity index (χ3v) is 7.11. The molecule has 4 heteroatoms. The van der Waals surface area contributed by atoms with Crippen molar-refractivity contribution >= 4 is 17.7 Å². The molecule has 2 aliphatic heterocycles. The van der Waals surface area contributed by atoms with Gasteiger partial charge in [-0.1, -0.05) is 50.5 Å². The molecule has 3 nitrogen and oxygen atoms in total. The molecule has 0 aromatic carbocycles. The molecular formula is C21H34O3S. The number of fused-ring (bicyclic) bond motifs is 2. The van der Waals surface area contributed by atoms with E-state index in [1.807, 2.05) is 6.08 Å². The number of thioether (sulfide) groups is 1. The highest BCUT2D eigenvalue weighted by Gasteiger charge is 2.44. The first-order chi connectivity index (χ1) is 12.1.